The van der Waals surface area contributed by atoms with E-state index in [0.29, 0.717) is 17.9 Å². The van der Waals surface area contributed by atoms with Crippen molar-refractivity contribution in [1.29, 1.82) is 0 Å². The van der Waals surface area contributed by atoms with E-state index in [2.05, 4.69) is 10.4 Å². The number of aromatic nitrogens is 2. The maximum absolute atomic E-state index is 13.0. The van der Waals surface area contributed by atoms with Gasteiger partial charge in [-0.3, -0.25) is 4.79 Å². The number of halogens is 2. The van der Waals surface area contributed by atoms with Gasteiger partial charge in [-0.15, -0.1) is 0 Å². The Kier molecular flexibility index (Phi) is 5.19. The molecule has 1 aliphatic heterocycles. The highest BCUT2D eigenvalue weighted by Gasteiger charge is 2.31. The van der Waals surface area contributed by atoms with E-state index in [-0.39, 0.29) is 34.9 Å². The molecule has 0 aliphatic carbocycles. The number of ether oxygens (including phenoxy) is 1. The van der Waals surface area contributed by atoms with Crippen molar-refractivity contribution < 1.29 is 22.3 Å². The Morgan fingerprint density at radius 2 is 2.23 bits per heavy atom. The van der Waals surface area contributed by atoms with Crippen molar-refractivity contribution in [2.75, 3.05) is 23.4 Å². The SMILES string of the molecule is Cc1cc(NC(=O)COc2ccc(F)cc2Cl)n([C@H]2CCS(=O)(=O)C2)n1. The number of nitrogens with one attached hydrogen (secondary N) is 1. The zero-order valence-electron chi connectivity index (χ0n) is 13.9. The summed E-state index contributed by atoms with van der Waals surface area (Å²) in [6.07, 6.45) is 0.452. The number of sulfone groups is 1. The van der Waals surface area contributed by atoms with Gasteiger partial charge >= 0.3 is 0 Å². The minimum atomic E-state index is -3.08. The van der Waals surface area contributed by atoms with Gasteiger partial charge in [-0.1, -0.05) is 11.6 Å². The van der Waals surface area contributed by atoms with Gasteiger partial charge in [0.1, 0.15) is 17.4 Å². The summed E-state index contributed by atoms with van der Waals surface area (Å²) in [4.78, 5) is 12.2. The van der Waals surface area contributed by atoms with Crippen LogP contribution in [-0.4, -0.2) is 42.2 Å². The summed E-state index contributed by atoms with van der Waals surface area (Å²) in [6.45, 7) is 1.42. The van der Waals surface area contributed by atoms with Gasteiger partial charge in [0.05, 0.1) is 28.3 Å². The molecule has 0 radical (unpaired) electrons. The Balaban J connectivity index is 1.66. The lowest BCUT2D eigenvalue weighted by molar-refractivity contribution is -0.118. The van der Waals surface area contributed by atoms with Crippen LogP contribution in [0.3, 0.4) is 0 Å². The average Bonchev–Trinajstić information content (AvgIpc) is 3.08. The lowest BCUT2D eigenvalue weighted by Gasteiger charge is -2.14. The lowest BCUT2D eigenvalue weighted by Crippen LogP contribution is -2.24. The number of amides is 1. The molecule has 2 heterocycles. The first kappa shape index (κ1) is 18.7. The van der Waals surface area contributed by atoms with Gasteiger partial charge in [0.15, 0.2) is 16.4 Å². The zero-order valence-corrected chi connectivity index (χ0v) is 15.5. The second-order valence-electron chi connectivity index (χ2n) is 6.08. The summed E-state index contributed by atoms with van der Waals surface area (Å²) in [5.41, 5.74) is 0.659. The number of carbonyl (C=O) groups is 1. The molecule has 1 aromatic heterocycles. The van der Waals surface area contributed by atoms with E-state index < -0.39 is 21.6 Å². The van der Waals surface area contributed by atoms with Crippen molar-refractivity contribution in [1.82, 2.24) is 9.78 Å². The van der Waals surface area contributed by atoms with Gasteiger partial charge in [-0.2, -0.15) is 5.10 Å². The largest absolute Gasteiger partial charge is 0.482 e. The molecule has 3 rings (SSSR count). The van der Waals surface area contributed by atoms with Gasteiger partial charge in [-0.05, 0) is 31.5 Å². The number of anilines is 1. The second-order valence-corrected chi connectivity index (χ2v) is 8.72. The van der Waals surface area contributed by atoms with Crippen molar-refractivity contribution in [2.45, 2.75) is 19.4 Å². The number of rotatable bonds is 5. The van der Waals surface area contributed by atoms with Crippen molar-refractivity contribution in [3.05, 3.63) is 40.8 Å². The van der Waals surface area contributed by atoms with E-state index in [9.17, 15) is 17.6 Å². The van der Waals surface area contributed by atoms with Crippen LogP contribution >= 0.6 is 11.6 Å². The van der Waals surface area contributed by atoms with Crippen LogP contribution in [0.4, 0.5) is 10.2 Å². The number of hydrogen-bond acceptors (Lipinski definition) is 5. The topological polar surface area (TPSA) is 90.3 Å². The maximum Gasteiger partial charge on any atom is 0.263 e. The first-order valence-corrected chi connectivity index (χ1v) is 10.1. The molecule has 0 spiro atoms. The van der Waals surface area contributed by atoms with Crippen molar-refractivity contribution in [3.8, 4) is 5.75 Å². The van der Waals surface area contributed by atoms with Crippen LogP contribution in [0.2, 0.25) is 5.02 Å². The van der Waals surface area contributed by atoms with Crippen LogP contribution in [-0.2, 0) is 14.6 Å². The summed E-state index contributed by atoms with van der Waals surface area (Å²) < 4.78 is 43.2. The van der Waals surface area contributed by atoms with Crippen LogP contribution in [0.25, 0.3) is 0 Å². The average molecular weight is 402 g/mol. The van der Waals surface area contributed by atoms with E-state index in [4.69, 9.17) is 16.3 Å². The Bertz CT molecular complexity index is 945. The molecule has 1 aromatic carbocycles. The summed E-state index contributed by atoms with van der Waals surface area (Å²) in [5.74, 6) is -0.266. The fourth-order valence-electron chi connectivity index (χ4n) is 2.77. The van der Waals surface area contributed by atoms with Crippen molar-refractivity contribution in [2.24, 2.45) is 0 Å². The standard InChI is InChI=1S/C16H17ClFN3O4S/c1-10-6-15(21(20-10)12-4-5-26(23,24)9-12)19-16(22)8-25-14-3-2-11(18)7-13(14)17/h2-3,6-7,12H,4-5,8-9H2,1H3,(H,19,22)/t12-/m0/s1. The molecular weight excluding hydrogens is 385 g/mol. The monoisotopic (exact) mass is 401 g/mol. The highest BCUT2D eigenvalue weighted by atomic mass is 35.5. The van der Waals surface area contributed by atoms with Crippen molar-refractivity contribution >= 4 is 33.2 Å². The fraction of sp³-hybridized carbons (Fsp3) is 0.375. The molecule has 7 nitrogen and oxygen atoms in total. The number of hydrogen-bond donors (Lipinski definition) is 1. The zero-order chi connectivity index (χ0) is 18.9. The number of benzene rings is 1. The third-order valence-corrected chi connectivity index (χ3v) is 5.98. The fourth-order valence-corrected chi connectivity index (χ4v) is 4.68. The van der Waals surface area contributed by atoms with Crippen LogP contribution in [0.15, 0.2) is 24.3 Å². The minimum Gasteiger partial charge on any atom is -0.482 e. The summed E-state index contributed by atoms with van der Waals surface area (Å²) in [6, 6.07) is 4.96. The molecule has 1 fully saturated rings. The molecule has 1 aliphatic rings. The molecule has 1 N–H and O–H groups in total. The molecule has 1 saturated heterocycles. The van der Waals surface area contributed by atoms with Gasteiger partial charge in [0, 0.05) is 6.07 Å². The molecule has 26 heavy (non-hydrogen) atoms. The Hall–Kier alpha value is -2.13. The quantitative estimate of drug-likeness (QED) is 0.830. The van der Waals surface area contributed by atoms with Crippen molar-refractivity contribution in [3.63, 3.8) is 0 Å². The third kappa shape index (κ3) is 4.34. The van der Waals surface area contributed by atoms with Gasteiger partial charge in [-0.25, -0.2) is 17.5 Å². The van der Waals surface area contributed by atoms with Crippen LogP contribution in [0, 0.1) is 12.7 Å². The van der Waals surface area contributed by atoms with Gasteiger partial charge in [0.2, 0.25) is 0 Å². The number of nitrogens with zero attached hydrogens (tertiary/aromatic N) is 2. The molecule has 1 atom stereocenters. The first-order chi connectivity index (χ1) is 12.2. The molecule has 2 aromatic rings. The van der Waals surface area contributed by atoms with E-state index in [1.54, 1.807) is 13.0 Å². The predicted molar refractivity (Wildman–Crippen MR) is 94.8 cm³/mol. The van der Waals surface area contributed by atoms with E-state index in [1.165, 1.54) is 16.8 Å². The highest BCUT2D eigenvalue weighted by molar-refractivity contribution is 7.91. The van der Waals surface area contributed by atoms with E-state index in [1.807, 2.05) is 0 Å². The van der Waals surface area contributed by atoms with Gasteiger partial charge < -0.3 is 10.1 Å². The third-order valence-electron chi connectivity index (χ3n) is 3.93. The normalized spacial score (nSPS) is 18.7. The van der Waals surface area contributed by atoms with E-state index in [0.717, 1.165) is 6.07 Å². The molecule has 140 valence electrons. The molecule has 0 saturated carbocycles. The minimum absolute atomic E-state index is 0.00131. The summed E-state index contributed by atoms with van der Waals surface area (Å²) in [7, 11) is -3.08. The molecule has 1 amide bonds. The summed E-state index contributed by atoms with van der Waals surface area (Å²) >= 11 is 5.85. The predicted octanol–water partition coefficient (Wildman–Crippen LogP) is 2.36. The summed E-state index contributed by atoms with van der Waals surface area (Å²) in [5, 5.41) is 7.01. The Morgan fingerprint density at radius 3 is 2.88 bits per heavy atom. The number of aryl methyl sites for hydroxylation is 1. The molecule has 10 heteroatoms. The lowest BCUT2D eigenvalue weighted by atomic mass is 10.3. The molecule has 0 bridgehead atoms. The van der Waals surface area contributed by atoms with Crippen LogP contribution in [0.5, 0.6) is 5.75 Å². The molecular formula is C16H17ClFN3O4S. The highest BCUT2D eigenvalue weighted by Crippen LogP contribution is 2.27. The second kappa shape index (κ2) is 7.24. The van der Waals surface area contributed by atoms with E-state index >= 15 is 0 Å². The van der Waals surface area contributed by atoms with Crippen LogP contribution in [0.1, 0.15) is 18.2 Å². The molecule has 0 unspecified atom stereocenters. The van der Waals surface area contributed by atoms with Crippen LogP contribution < -0.4 is 10.1 Å². The Morgan fingerprint density at radius 1 is 1.46 bits per heavy atom. The number of carbonyl (C=O) groups excluding carboxylic acids is 1. The Labute approximate surface area is 155 Å². The maximum atomic E-state index is 13.0. The first-order valence-electron chi connectivity index (χ1n) is 7.88. The van der Waals surface area contributed by atoms with Gasteiger partial charge in [0.25, 0.3) is 5.91 Å². The smallest absolute Gasteiger partial charge is 0.263 e.